The van der Waals surface area contributed by atoms with Gasteiger partial charge in [-0.25, -0.2) is 4.79 Å². The van der Waals surface area contributed by atoms with Crippen LogP contribution in [0.15, 0.2) is 36.4 Å². The molecule has 0 unspecified atom stereocenters. The van der Waals surface area contributed by atoms with Gasteiger partial charge in [-0.1, -0.05) is 25.1 Å². The molecule has 1 atom stereocenters. The van der Waals surface area contributed by atoms with Crippen molar-refractivity contribution in [1.82, 2.24) is 0 Å². The van der Waals surface area contributed by atoms with Crippen LogP contribution in [-0.2, 0) is 22.4 Å². The molecule has 1 aliphatic rings. The number of para-hydroxylation sites is 1. The molecule has 0 spiro atoms. The molecule has 6 heteroatoms. The summed E-state index contributed by atoms with van der Waals surface area (Å²) >= 11 is 1.46. The molecule has 0 aliphatic heterocycles. The first-order valence-electron chi connectivity index (χ1n) is 8.59. The lowest BCUT2D eigenvalue weighted by atomic mass is 9.90. The normalized spacial score (nSPS) is 15.6. The second-order valence-corrected chi connectivity index (χ2v) is 7.59. The summed E-state index contributed by atoms with van der Waals surface area (Å²) < 4.78 is 5.21. The Morgan fingerprint density at radius 2 is 2.12 bits per heavy atom. The summed E-state index contributed by atoms with van der Waals surface area (Å²) in [5, 5.41) is 8.97. The van der Waals surface area contributed by atoms with Crippen LogP contribution in [0.3, 0.4) is 0 Å². The smallest absolute Gasteiger partial charge is 0.348 e. The molecule has 0 N–H and O–H groups in total. The molecule has 3 rings (SSSR count). The zero-order valence-corrected chi connectivity index (χ0v) is 15.4. The third kappa shape index (κ3) is 4.12. The van der Waals surface area contributed by atoms with E-state index in [0.717, 1.165) is 19.3 Å². The van der Waals surface area contributed by atoms with Crippen molar-refractivity contribution in [3.8, 4) is 6.07 Å². The van der Waals surface area contributed by atoms with Gasteiger partial charge in [0.2, 0.25) is 0 Å². The molecule has 2 aromatic rings. The Kier molecular flexibility index (Phi) is 5.69. The van der Waals surface area contributed by atoms with Crippen LogP contribution in [0, 0.1) is 17.2 Å². The van der Waals surface area contributed by atoms with Crippen molar-refractivity contribution in [3.63, 3.8) is 0 Å². The lowest BCUT2D eigenvalue weighted by Gasteiger charge is -2.19. The van der Waals surface area contributed by atoms with E-state index in [1.54, 1.807) is 24.3 Å². The lowest BCUT2D eigenvalue weighted by molar-refractivity contribution is -0.121. The van der Waals surface area contributed by atoms with E-state index in [2.05, 4.69) is 6.92 Å². The third-order valence-corrected chi connectivity index (χ3v) is 5.67. The first-order valence-corrected chi connectivity index (χ1v) is 9.41. The minimum absolute atomic E-state index is 0.0917. The molecule has 5 nitrogen and oxygen atoms in total. The molecular formula is C20H20N2O3S. The molecule has 0 radical (unpaired) electrons. The zero-order chi connectivity index (χ0) is 18.5. The van der Waals surface area contributed by atoms with E-state index in [0.29, 0.717) is 16.5 Å². The van der Waals surface area contributed by atoms with Crippen LogP contribution in [0.2, 0.25) is 0 Å². The van der Waals surface area contributed by atoms with E-state index in [9.17, 15) is 9.59 Å². The number of amides is 1. The molecule has 0 bridgehead atoms. The van der Waals surface area contributed by atoms with Gasteiger partial charge in [-0.2, -0.15) is 5.26 Å². The number of benzene rings is 1. The maximum absolute atomic E-state index is 12.4. The number of thiophene rings is 1. The van der Waals surface area contributed by atoms with E-state index in [1.807, 2.05) is 18.2 Å². The number of hydrogen-bond acceptors (Lipinski definition) is 5. The summed E-state index contributed by atoms with van der Waals surface area (Å²) in [5.41, 5.74) is 1.83. The number of fused-ring (bicyclic) bond motifs is 1. The highest BCUT2D eigenvalue weighted by Crippen LogP contribution is 2.32. The third-order valence-electron chi connectivity index (χ3n) is 4.45. The van der Waals surface area contributed by atoms with Gasteiger partial charge in [-0.3, -0.25) is 9.69 Å². The number of carbonyl (C=O) groups excluding carboxylic acids is 2. The molecule has 1 aromatic carbocycles. The van der Waals surface area contributed by atoms with Crippen molar-refractivity contribution in [2.75, 3.05) is 18.1 Å². The number of nitriles is 1. The van der Waals surface area contributed by atoms with Crippen LogP contribution in [0.1, 0.15) is 33.5 Å². The molecule has 134 valence electrons. The Balaban J connectivity index is 1.63. The second-order valence-electron chi connectivity index (χ2n) is 6.46. The van der Waals surface area contributed by atoms with Crippen LogP contribution >= 0.6 is 11.3 Å². The number of ether oxygens (including phenoxy) is 1. The predicted octanol–water partition coefficient (Wildman–Crippen LogP) is 3.59. The number of carbonyl (C=O) groups is 2. The Morgan fingerprint density at radius 1 is 1.35 bits per heavy atom. The van der Waals surface area contributed by atoms with Crippen LogP contribution in [0.4, 0.5) is 5.69 Å². The van der Waals surface area contributed by atoms with Gasteiger partial charge in [-0.05, 0) is 48.9 Å². The summed E-state index contributed by atoms with van der Waals surface area (Å²) in [7, 11) is 0. The topological polar surface area (TPSA) is 70.4 Å². The summed E-state index contributed by atoms with van der Waals surface area (Å²) in [5.74, 6) is -0.260. The van der Waals surface area contributed by atoms with Gasteiger partial charge in [0.25, 0.3) is 5.91 Å². The van der Waals surface area contributed by atoms with Gasteiger partial charge >= 0.3 is 5.97 Å². The van der Waals surface area contributed by atoms with Crippen LogP contribution in [0.5, 0.6) is 0 Å². The SMILES string of the molecule is C[C@H]1CCc2sc(C(=O)OCC(=O)N(CC#N)c3ccccc3)cc2C1. The molecule has 1 aromatic heterocycles. The van der Waals surface area contributed by atoms with Crippen molar-refractivity contribution in [2.45, 2.75) is 26.2 Å². The van der Waals surface area contributed by atoms with Crippen molar-refractivity contribution in [2.24, 2.45) is 5.92 Å². The van der Waals surface area contributed by atoms with E-state index in [-0.39, 0.29) is 13.2 Å². The Hall–Kier alpha value is -2.65. The van der Waals surface area contributed by atoms with Gasteiger partial charge in [0.1, 0.15) is 11.4 Å². The maximum atomic E-state index is 12.4. The summed E-state index contributed by atoms with van der Waals surface area (Å²) in [4.78, 5) is 27.8. The highest BCUT2D eigenvalue weighted by atomic mass is 32.1. The fourth-order valence-electron chi connectivity index (χ4n) is 3.08. The number of nitrogens with zero attached hydrogens (tertiary/aromatic N) is 2. The van der Waals surface area contributed by atoms with Gasteiger partial charge in [0.15, 0.2) is 6.61 Å². The molecule has 0 fully saturated rings. The maximum Gasteiger partial charge on any atom is 0.348 e. The fourth-order valence-corrected chi connectivity index (χ4v) is 4.19. The number of esters is 1. The molecule has 1 aliphatic carbocycles. The van der Waals surface area contributed by atoms with E-state index in [4.69, 9.17) is 10.00 Å². The van der Waals surface area contributed by atoms with Crippen molar-refractivity contribution < 1.29 is 14.3 Å². The number of aryl methyl sites for hydroxylation is 1. The van der Waals surface area contributed by atoms with E-state index < -0.39 is 11.9 Å². The van der Waals surface area contributed by atoms with E-state index >= 15 is 0 Å². The number of rotatable bonds is 5. The standard InChI is InChI=1S/C20H20N2O3S/c1-14-7-8-17-15(11-14)12-18(26-17)20(24)25-13-19(23)22(10-9-21)16-5-3-2-4-6-16/h2-6,12,14H,7-8,10-11,13H2,1H3/t14-/m0/s1. The molecule has 0 saturated carbocycles. The first kappa shape index (κ1) is 18.2. The minimum Gasteiger partial charge on any atom is -0.451 e. The van der Waals surface area contributed by atoms with E-state index in [1.165, 1.54) is 26.7 Å². The fraction of sp³-hybridized carbons (Fsp3) is 0.350. The molecule has 1 amide bonds. The van der Waals surface area contributed by atoms with Gasteiger partial charge < -0.3 is 4.74 Å². The zero-order valence-electron chi connectivity index (χ0n) is 14.6. The van der Waals surface area contributed by atoms with Gasteiger partial charge in [0, 0.05) is 10.6 Å². The molecular weight excluding hydrogens is 348 g/mol. The highest BCUT2D eigenvalue weighted by Gasteiger charge is 2.23. The number of hydrogen-bond donors (Lipinski definition) is 0. The van der Waals surface area contributed by atoms with Gasteiger partial charge in [0.05, 0.1) is 6.07 Å². The first-order chi connectivity index (χ1) is 12.6. The lowest BCUT2D eigenvalue weighted by Crippen LogP contribution is -2.35. The average Bonchev–Trinajstić information content (AvgIpc) is 3.07. The van der Waals surface area contributed by atoms with Crippen molar-refractivity contribution >= 4 is 28.9 Å². The van der Waals surface area contributed by atoms with Gasteiger partial charge in [-0.15, -0.1) is 11.3 Å². The minimum atomic E-state index is -0.477. The van der Waals surface area contributed by atoms with Crippen molar-refractivity contribution in [3.05, 3.63) is 51.7 Å². The Labute approximate surface area is 156 Å². The molecule has 1 heterocycles. The number of anilines is 1. The quantitative estimate of drug-likeness (QED) is 0.597. The Morgan fingerprint density at radius 3 is 2.85 bits per heavy atom. The van der Waals surface area contributed by atoms with Crippen molar-refractivity contribution in [1.29, 1.82) is 5.26 Å². The summed E-state index contributed by atoms with van der Waals surface area (Å²) in [6.45, 7) is 1.74. The summed E-state index contributed by atoms with van der Waals surface area (Å²) in [6.07, 6.45) is 3.13. The monoisotopic (exact) mass is 368 g/mol. The second kappa shape index (κ2) is 8.15. The molecule has 26 heavy (non-hydrogen) atoms. The average molecular weight is 368 g/mol. The highest BCUT2D eigenvalue weighted by molar-refractivity contribution is 7.14. The summed E-state index contributed by atoms with van der Waals surface area (Å²) in [6, 6.07) is 12.8. The van der Waals surface area contributed by atoms with Crippen LogP contribution in [0.25, 0.3) is 0 Å². The largest absolute Gasteiger partial charge is 0.451 e. The Bertz CT molecular complexity index is 838. The predicted molar refractivity (Wildman–Crippen MR) is 100 cm³/mol. The van der Waals surface area contributed by atoms with Crippen LogP contribution in [-0.4, -0.2) is 25.0 Å². The molecule has 0 saturated heterocycles. The van der Waals surface area contributed by atoms with Crippen LogP contribution < -0.4 is 4.90 Å².